The van der Waals surface area contributed by atoms with Crippen molar-refractivity contribution in [1.82, 2.24) is 9.97 Å². The average Bonchev–Trinajstić information content (AvgIpc) is 3.02. The number of aromatic nitrogens is 2. The van der Waals surface area contributed by atoms with Crippen LogP contribution >= 0.6 is 11.8 Å². The van der Waals surface area contributed by atoms with Crippen LogP contribution in [0.4, 0.5) is 5.95 Å². The molecular weight excluding hydrogens is 342 g/mol. The molecule has 0 spiro atoms. The number of thioether (sulfide) groups is 1. The van der Waals surface area contributed by atoms with E-state index in [9.17, 15) is 20.4 Å². The number of fused-ring (bicyclic) bond motifs is 1. The molecule has 1 heterocycles. The van der Waals surface area contributed by atoms with E-state index >= 15 is 0 Å². The number of aliphatic hydroxyl groups excluding tert-OH is 4. The Morgan fingerprint density at radius 2 is 2.04 bits per heavy atom. The van der Waals surface area contributed by atoms with E-state index in [4.69, 9.17) is 0 Å². The van der Waals surface area contributed by atoms with Gasteiger partial charge in [-0.3, -0.25) is 0 Å². The van der Waals surface area contributed by atoms with Gasteiger partial charge in [0, 0.05) is 17.4 Å². The summed E-state index contributed by atoms with van der Waals surface area (Å²) in [6.07, 6.45) is -2.12. The Balaban J connectivity index is 1.75. The summed E-state index contributed by atoms with van der Waals surface area (Å²) in [6, 6.07) is 5.51. The minimum Gasteiger partial charge on any atom is -0.396 e. The number of hydrogen-bond donors (Lipinski definition) is 6. The zero-order valence-corrected chi connectivity index (χ0v) is 14.9. The lowest BCUT2D eigenvalue weighted by Gasteiger charge is -2.40. The molecule has 6 N–H and O–H groups in total. The van der Waals surface area contributed by atoms with Gasteiger partial charge >= 0.3 is 0 Å². The van der Waals surface area contributed by atoms with Crippen LogP contribution in [0.2, 0.25) is 0 Å². The Morgan fingerprint density at radius 3 is 2.76 bits per heavy atom. The molecule has 1 saturated carbocycles. The number of aromatic amines is 1. The topological polar surface area (TPSA) is 122 Å². The second-order valence-corrected chi connectivity index (χ2v) is 7.68. The number of nitrogens with one attached hydrogen (secondary N) is 2. The molecule has 1 aliphatic carbocycles. The average molecular weight is 367 g/mol. The van der Waals surface area contributed by atoms with Crippen molar-refractivity contribution in [2.24, 2.45) is 5.92 Å². The molecule has 0 amide bonds. The molecule has 1 aliphatic rings. The highest BCUT2D eigenvalue weighted by molar-refractivity contribution is 7.99. The first-order valence-corrected chi connectivity index (χ1v) is 9.56. The highest BCUT2D eigenvalue weighted by Crippen LogP contribution is 2.29. The van der Waals surface area contributed by atoms with Crippen molar-refractivity contribution >= 4 is 28.7 Å². The maximum absolute atomic E-state index is 10.2. The zero-order valence-electron chi connectivity index (χ0n) is 14.1. The molecule has 5 atom stereocenters. The van der Waals surface area contributed by atoms with E-state index in [-0.39, 0.29) is 6.61 Å². The predicted molar refractivity (Wildman–Crippen MR) is 97.7 cm³/mol. The zero-order chi connectivity index (χ0) is 18.0. The van der Waals surface area contributed by atoms with Gasteiger partial charge < -0.3 is 30.7 Å². The number of benzene rings is 1. The maximum atomic E-state index is 10.2. The van der Waals surface area contributed by atoms with Crippen molar-refractivity contribution < 1.29 is 20.4 Å². The molecule has 0 aliphatic heterocycles. The summed E-state index contributed by atoms with van der Waals surface area (Å²) in [5, 5.41) is 42.5. The molecule has 1 fully saturated rings. The molecule has 5 unspecified atom stereocenters. The summed E-state index contributed by atoms with van der Waals surface area (Å²) in [4.78, 5) is 8.82. The van der Waals surface area contributed by atoms with Gasteiger partial charge in [-0.05, 0) is 36.8 Å². The lowest BCUT2D eigenvalue weighted by Crippen LogP contribution is -2.56. The van der Waals surface area contributed by atoms with Gasteiger partial charge in [0.15, 0.2) is 0 Å². The van der Waals surface area contributed by atoms with Crippen LogP contribution < -0.4 is 5.32 Å². The Morgan fingerprint density at radius 1 is 1.24 bits per heavy atom. The van der Waals surface area contributed by atoms with E-state index in [1.807, 2.05) is 18.2 Å². The molecule has 1 aromatic heterocycles. The van der Waals surface area contributed by atoms with Gasteiger partial charge in [-0.2, -0.15) is 0 Å². The molecule has 0 radical (unpaired) electrons. The van der Waals surface area contributed by atoms with Crippen molar-refractivity contribution in [3.63, 3.8) is 0 Å². The third kappa shape index (κ3) is 3.93. The van der Waals surface area contributed by atoms with Crippen molar-refractivity contribution in [3.8, 4) is 0 Å². The van der Waals surface area contributed by atoms with Crippen LogP contribution in [-0.4, -0.2) is 67.1 Å². The minimum atomic E-state index is -1.30. The normalized spacial score (nSPS) is 29.9. The van der Waals surface area contributed by atoms with Crippen LogP contribution in [-0.2, 0) is 0 Å². The van der Waals surface area contributed by atoms with Crippen LogP contribution in [0.25, 0.3) is 11.0 Å². The largest absolute Gasteiger partial charge is 0.396 e. The number of H-pyrrole nitrogens is 1. The SMILES string of the molecule is CCCSc1ccc2nc(NC3CC(CO)C(O)C(O)C3O)[nH]c2c1. The van der Waals surface area contributed by atoms with Crippen molar-refractivity contribution in [3.05, 3.63) is 18.2 Å². The fourth-order valence-corrected chi connectivity index (χ4v) is 4.00. The molecule has 0 bridgehead atoms. The Bertz CT molecular complexity index is 708. The summed E-state index contributed by atoms with van der Waals surface area (Å²) < 4.78 is 0. The van der Waals surface area contributed by atoms with E-state index in [0.29, 0.717) is 12.4 Å². The van der Waals surface area contributed by atoms with Crippen molar-refractivity contribution in [1.29, 1.82) is 0 Å². The maximum Gasteiger partial charge on any atom is 0.201 e. The van der Waals surface area contributed by atoms with Gasteiger partial charge in [0.2, 0.25) is 5.95 Å². The summed E-state index contributed by atoms with van der Waals surface area (Å²) in [6.45, 7) is 1.89. The fourth-order valence-electron chi connectivity index (χ4n) is 3.19. The molecule has 8 heteroatoms. The Kier molecular flexibility index (Phi) is 5.85. The van der Waals surface area contributed by atoms with Gasteiger partial charge in [0.05, 0.1) is 23.2 Å². The van der Waals surface area contributed by atoms with Crippen LogP contribution in [0.1, 0.15) is 19.8 Å². The van der Waals surface area contributed by atoms with E-state index in [0.717, 1.165) is 23.2 Å². The first-order valence-electron chi connectivity index (χ1n) is 8.57. The van der Waals surface area contributed by atoms with Crippen LogP contribution in [0.15, 0.2) is 23.1 Å². The first kappa shape index (κ1) is 18.5. The molecular formula is C17H25N3O4S. The minimum absolute atomic E-state index is 0.249. The van der Waals surface area contributed by atoms with Gasteiger partial charge in [-0.1, -0.05) is 6.92 Å². The number of imidazole rings is 1. The van der Waals surface area contributed by atoms with E-state index < -0.39 is 30.3 Å². The van der Waals surface area contributed by atoms with E-state index in [2.05, 4.69) is 22.2 Å². The standard InChI is InChI=1S/C17H25N3O4S/c1-2-5-25-10-3-4-11-12(7-10)19-17(18-11)20-13-6-9(8-21)14(22)16(24)15(13)23/h3-4,7,9,13-16,21-24H,2,5-6,8H2,1H3,(H2,18,19,20). The number of nitrogens with zero attached hydrogens (tertiary/aromatic N) is 1. The second-order valence-electron chi connectivity index (χ2n) is 6.51. The number of hydrogen-bond acceptors (Lipinski definition) is 7. The predicted octanol–water partition coefficient (Wildman–Crippen LogP) is 0.940. The number of aliphatic hydroxyl groups is 4. The Labute approximate surface area is 150 Å². The van der Waals surface area contributed by atoms with Gasteiger partial charge in [0.25, 0.3) is 0 Å². The molecule has 25 heavy (non-hydrogen) atoms. The van der Waals surface area contributed by atoms with Gasteiger partial charge in [0.1, 0.15) is 12.2 Å². The molecule has 7 nitrogen and oxygen atoms in total. The smallest absolute Gasteiger partial charge is 0.201 e. The summed E-state index contributed by atoms with van der Waals surface area (Å²) in [5.74, 6) is 1.07. The first-order chi connectivity index (χ1) is 12.0. The van der Waals surface area contributed by atoms with E-state index in [1.54, 1.807) is 11.8 Å². The van der Waals surface area contributed by atoms with Crippen LogP contribution in [0.3, 0.4) is 0 Å². The highest BCUT2D eigenvalue weighted by Gasteiger charge is 2.42. The van der Waals surface area contributed by atoms with Crippen LogP contribution in [0.5, 0.6) is 0 Å². The third-order valence-corrected chi connectivity index (χ3v) is 5.83. The molecule has 138 valence electrons. The molecule has 1 aromatic carbocycles. The lowest BCUT2D eigenvalue weighted by atomic mass is 9.80. The number of anilines is 1. The molecule has 0 saturated heterocycles. The monoisotopic (exact) mass is 367 g/mol. The van der Waals surface area contributed by atoms with Crippen molar-refractivity contribution in [2.45, 2.75) is 49.0 Å². The summed E-state index contributed by atoms with van der Waals surface area (Å²) >= 11 is 1.79. The van der Waals surface area contributed by atoms with E-state index in [1.165, 1.54) is 4.90 Å². The number of rotatable bonds is 6. The molecule has 2 aromatic rings. The third-order valence-electron chi connectivity index (χ3n) is 4.63. The summed E-state index contributed by atoms with van der Waals surface area (Å²) in [5.41, 5.74) is 1.71. The lowest BCUT2D eigenvalue weighted by molar-refractivity contribution is -0.122. The second kappa shape index (κ2) is 7.92. The Hall–Kier alpha value is -1.32. The quantitative estimate of drug-likeness (QED) is 0.420. The highest BCUT2D eigenvalue weighted by atomic mass is 32.2. The van der Waals surface area contributed by atoms with Crippen LogP contribution in [0, 0.1) is 5.92 Å². The van der Waals surface area contributed by atoms with Gasteiger partial charge in [-0.25, -0.2) is 4.98 Å². The van der Waals surface area contributed by atoms with Crippen molar-refractivity contribution in [2.75, 3.05) is 17.7 Å². The molecule has 3 rings (SSSR count). The summed E-state index contributed by atoms with van der Waals surface area (Å²) in [7, 11) is 0. The fraction of sp³-hybridized carbons (Fsp3) is 0.588. The van der Waals surface area contributed by atoms with Gasteiger partial charge in [-0.15, -0.1) is 11.8 Å².